The highest BCUT2D eigenvalue weighted by atomic mass is 16.5. The summed E-state index contributed by atoms with van der Waals surface area (Å²) in [7, 11) is 0. The predicted molar refractivity (Wildman–Crippen MR) is 133 cm³/mol. The van der Waals surface area contributed by atoms with E-state index in [0.717, 1.165) is 28.7 Å². The second-order valence-corrected chi connectivity index (χ2v) is 10.7. The molecule has 0 bridgehead atoms. The van der Waals surface area contributed by atoms with Gasteiger partial charge in [0.1, 0.15) is 12.6 Å². The summed E-state index contributed by atoms with van der Waals surface area (Å²) in [5, 5.41) is 12.5. The third kappa shape index (κ3) is 5.19. The molecule has 0 saturated carbocycles. The minimum Gasteiger partial charge on any atom is -0.480 e. The molecule has 2 aromatic rings. The largest absolute Gasteiger partial charge is 0.480 e. The van der Waals surface area contributed by atoms with Crippen molar-refractivity contribution in [3.05, 3.63) is 59.7 Å². The van der Waals surface area contributed by atoms with Gasteiger partial charge in [-0.25, -0.2) is 9.59 Å². The summed E-state index contributed by atoms with van der Waals surface area (Å²) in [6.45, 7) is 7.98. The van der Waals surface area contributed by atoms with E-state index in [9.17, 15) is 19.5 Å². The molecule has 2 N–H and O–H groups in total. The van der Waals surface area contributed by atoms with Crippen LogP contribution in [0.2, 0.25) is 0 Å². The first-order valence-corrected chi connectivity index (χ1v) is 12.2. The summed E-state index contributed by atoms with van der Waals surface area (Å²) in [6.07, 6.45) is 0.155. The first-order chi connectivity index (χ1) is 16.6. The van der Waals surface area contributed by atoms with E-state index < -0.39 is 23.6 Å². The SMILES string of the molecule is CC1CC(C)C(C(=O)O)N(C(=O)CC(C)(C)NC(=O)OCC2c3ccccc3-c3ccccc32)C1. The standard InChI is InChI=1S/C28H34N2O5/c1-17-13-18(2)25(26(32)33)30(15-17)24(31)14-28(3,4)29-27(34)35-16-23-21-11-7-5-9-19(21)20-10-6-8-12-22(20)23/h5-12,17-18,23,25H,13-16H2,1-4H3,(H,29,34)(H,32,33). The fraction of sp³-hybridized carbons (Fsp3) is 0.464. The normalized spacial score (nSPS) is 21.7. The Morgan fingerprint density at radius 1 is 1.03 bits per heavy atom. The topological polar surface area (TPSA) is 95.9 Å². The average molecular weight is 479 g/mol. The van der Waals surface area contributed by atoms with Crippen molar-refractivity contribution in [3.8, 4) is 11.1 Å². The van der Waals surface area contributed by atoms with Crippen LogP contribution in [0.25, 0.3) is 11.1 Å². The summed E-state index contributed by atoms with van der Waals surface area (Å²) >= 11 is 0. The lowest BCUT2D eigenvalue weighted by molar-refractivity contribution is -0.156. The van der Waals surface area contributed by atoms with Crippen LogP contribution < -0.4 is 5.32 Å². The van der Waals surface area contributed by atoms with Crippen molar-refractivity contribution in [2.24, 2.45) is 11.8 Å². The number of nitrogens with zero attached hydrogens (tertiary/aromatic N) is 1. The summed E-state index contributed by atoms with van der Waals surface area (Å²) in [5.41, 5.74) is 3.67. The molecule has 0 radical (unpaired) electrons. The zero-order valence-corrected chi connectivity index (χ0v) is 20.8. The molecule has 0 spiro atoms. The quantitative estimate of drug-likeness (QED) is 0.630. The van der Waals surface area contributed by atoms with Gasteiger partial charge >= 0.3 is 12.1 Å². The number of carboxylic acids is 1. The molecule has 1 fully saturated rings. The number of likely N-dealkylation sites (tertiary alicyclic amines) is 1. The van der Waals surface area contributed by atoms with Gasteiger partial charge in [0, 0.05) is 24.4 Å². The molecule has 7 nitrogen and oxygen atoms in total. The Morgan fingerprint density at radius 2 is 1.60 bits per heavy atom. The first kappa shape index (κ1) is 24.8. The number of carbonyl (C=O) groups is 3. The van der Waals surface area contributed by atoms with E-state index in [-0.39, 0.29) is 36.7 Å². The molecule has 1 aliphatic carbocycles. The Bertz CT molecular complexity index is 1080. The molecule has 7 heteroatoms. The van der Waals surface area contributed by atoms with Gasteiger partial charge in [-0.1, -0.05) is 62.4 Å². The number of amides is 2. The molecule has 1 heterocycles. The zero-order chi connectivity index (χ0) is 25.3. The van der Waals surface area contributed by atoms with Gasteiger partial charge in [-0.05, 0) is 54.4 Å². The average Bonchev–Trinajstić information content (AvgIpc) is 3.10. The molecule has 35 heavy (non-hydrogen) atoms. The number of hydrogen-bond acceptors (Lipinski definition) is 4. The van der Waals surface area contributed by atoms with Gasteiger partial charge in [-0.2, -0.15) is 0 Å². The minimum absolute atomic E-state index is 0.0135. The Hall–Kier alpha value is -3.35. The van der Waals surface area contributed by atoms with Crippen LogP contribution in [-0.2, 0) is 14.3 Å². The molecule has 3 atom stereocenters. The number of alkyl carbamates (subject to hydrolysis) is 1. The lowest BCUT2D eigenvalue weighted by Gasteiger charge is -2.41. The second kappa shape index (κ2) is 9.72. The predicted octanol–water partition coefficient (Wildman–Crippen LogP) is 4.65. The molecule has 4 rings (SSSR count). The third-order valence-corrected chi connectivity index (χ3v) is 7.11. The Balaban J connectivity index is 1.38. The van der Waals surface area contributed by atoms with Crippen molar-refractivity contribution in [2.75, 3.05) is 13.2 Å². The number of hydrogen-bond donors (Lipinski definition) is 2. The third-order valence-electron chi connectivity index (χ3n) is 7.11. The maximum atomic E-state index is 13.1. The number of ether oxygens (including phenoxy) is 1. The van der Waals surface area contributed by atoms with E-state index in [2.05, 4.69) is 29.6 Å². The van der Waals surface area contributed by atoms with Gasteiger partial charge in [0.2, 0.25) is 5.91 Å². The highest BCUT2D eigenvalue weighted by molar-refractivity contribution is 5.85. The van der Waals surface area contributed by atoms with E-state index in [4.69, 9.17) is 4.74 Å². The van der Waals surface area contributed by atoms with E-state index in [1.807, 2.05) is 38.1 Å². The molecule has 1 aliphatic heterocycles. The molecule has 2 amide bonds. The van der Waals surface area contributed by atoms with Crippen molar-refractivity contribution >= 4 is 18.0 Å². The summed E-state index contributed by atoms with van der Waals surface area (Å²) in [4.78, 5) is 39.1. The van der Waals surface area contributed by atoms with Crippen LogP contribution >= 0.6 is 0 Å². The fourth-order valence-corrected chi connectivity index (χ4v) is 5.66. The summed E-state index contributed by atoms with van der Waals surface area (Å²) in [6, 6.07) is 15.4. The smallest absolute Gasteiger partial charge is 0.407 e. The van der Waals surface area contributed by atoms with Crippen LogP contribution in [0, 0.1) is 11.8 Å². The Labute approximate surface area is 206 Å². The van der Waals surface area contributed by atoms with Gasteiger partial charge in [-0.15, -0.1) is 0 Å². The highest BCUT2D eigenvalue weighted by Crippen LogP contribution is 2.44. The van der Waals surface area contributed by atoms with Crippen molar-refractivity contribution < 1.29 is 24.2 Å². The number of fused-ring (bicyclic) bond motifs is 3. The number of piperidine rings is 1. The first-order valence-electron chi connectivity index (χ1n) is 12.2. The number of carbonyl (C=O) groups excluding carboxylic acids is 2. The van der Waals surface area contributed by atoms with Gasteiger partial charge in [0.15, 0.2) is 0 Å². The number of rotatable bonds is 6. The minimum atomic E-state index is -0.986. The van der Waals surface area contributed by atoms with Crippen LogP contribution in [0.4, 0.5) is 4.79 Å². The van der Waals surface area contributed by atoms with Gasteiger partial charge < -0.3 is 20.1 Å². The Kier molecular flexibility index (Phi) is 6.88. The number of carboxylic acid groups (broad SMARTS) is 1. The second-order valence-electron chi connectivity index (χ2n) is 10.7. The molecular weight excluding hydrogens is 444 g/mol. The van der Waals surface area contributed by atoms with Crippen LogP contribution in [0.5, 0.6) is 0 Å². The molecule has 186 valence electrons. The summed E-state index contributed by atoms with van der Waals surface area (Å²) in [5.74, 6) is -1.22. The molecule has 3 unspecified atom stereocenters. The molecule has 1 saturated heterocycles. The summed E-state index contributed by atoms with van der Waals surface area (Å²) < 4.78 is 5.63. The molecular formula is C28H34N2O5. The zero-order valence-electron chi connectivity index (χ0n) is 20.8. The maximum Gasteiger partial charge on any atom is 0.407 e. The van der Waals surface area contributed by atoms with Crippen molar-refractivity contribution in [3.63, 3.8) is 0 Å². The van der Waals surface area contributed by atoms with Gasteiger partial charge in [-0.3, -0.25) is 4.79 Å². The van der Waals surface area contributed by atoms with E-state index in [1.54, 1.807) is 13.8 Å². The van der Waals surface area contributed by atoms with Crippen LogP contribution in [0.1, 0.15) is 57.6 Å². The van der Waals surface area contributed by atoms with E-state index >= 15 is 0 Å². The number of nitrogens with one attached hydrogen (secondary N) is 1. The van der Waals surface area contributed by atoms with Crippen LogP contribution in [-0.4, -0.2) is 52.7 Å². The fourth-order valence-electron chi connectivity index (χ4n) is 5.66. The van der Waals surface area contributed by atoms with Gasteiger partial charge in [0.25, 0.3) is 0 Å². The number of aliphatic carboxylic acids is 1. The maximum absolute atomic E-state index is 13.1. The molecule has 2 aromatic carbocycles. The van der Waals surface area contributed by atoms with E-state index in [1.165, 1.54) is 4.90 Å². The Morgan fingerprint density at radius 3 is 2.17 bits per heavy atom. The monoisotopic (exact) mass is 478 g/mol. The molecule has 2 aliphatic rings. The lowest BCUT2D eigenvalue weighted by Crippen LogP contribution is -2.56. The lowest BCUT2D eigenvalue weighted by atomic mass is 9.84. The van der Waals surface area contributed by atoms with Crippen LogP contribution in [0.15, 0.2) is 48.5 Å². The number of benzene rings is 2. The van der Waals surface area contributed by atoms with Crippen molar-refractivity contribution in [1.82, 2.24) is 10.2 Å². The van der Waals surface area contributed by atoms with Crippen LogP contribution in [0.3, 0.4) is 0 Å². The van der Waals surface area contributed by atoms with E-state index in [0.29, 0.717) is 6.54 Å². The van der Waals surface area contributed by atoms with Crippen molar-refractivity contribution in [2.45, 2.75) is 58.0 Å². The van der Waals surface area contributed by atoms with Gasteiger partial charge in [0.05, 0.1) is 0 Å². The highest BCUT2D eigenvalue weighted by Gasteiger charge is 2.41. The van der Waals surface area contributed by atoms with Crippen molar-refractivity contribution in [1.29, 1.82) is 0 Å². The molecule has 0 aromatic heterocycles.